The number of amides is 1. The minimum atomic E-state index is -1.06. The Balaban J connectivity index is 2.38. The van der Waals surface area contributed by atoms with Crippen molar-refractivity contribution in [2.45, 2.75) is 12.6 Å². The van der Waals surface area contributed by atoms with Crippen LogP contribution in [-0.4, -0.2) is 23.9 Å². The Hall–Kier alpha value is -1.46. The van der Waals surface area contributed by atoms with E-state index >= 15 is 0 Å². The Labute approximate surface area is 99.2 Å². The minimum Gasteiger partial charge on any atom is -0.351 e. The van der Waals surface area contributed by atoms with Crippen LogP contribution in [0, 0.1) is 0 Å². The van der Waals surface area contributed by atoms with Crippen molar-refractivity contribution in [1.29, 1.82) is 0 Å². The van der Waals surface area contributed by atoms with Gasteiger partial charge in [-0.25, -0.2) is 0 Å². The molecule has 1 atom stereocenters. The predicted molar refractivity (Wildman–Crippen MR) is 65.1 cm³/mol. The van der Waals surface area contributed by atoms with Crippen LogP contribution in [0.15, 0.2) is 30.3 Å². The van der Waals surface area contributed by atoms with Gasteiger partial charge in [-0.15, -0.1) is 0 Å². The Bertz CT molecular complexity index is 435. The van der Waals surface area contributed by atoms with Gasteiger partial charge in [-0.2, -0.15) is 0 Å². The molecule has 5 heteroatoms. The summed E-state index contributed by atoms with van der Waals surface area (Å²) in [5, 5.41) is 3.23. The number of carbonyl (C=O) groups is 1. The monoisotopic (exact) mass is 236 g/mol. The number of para-hydroxylation sites is 1. The van der Waals surface area contributed by atoms with E-state index in [9.17, 15) is 4.79 Å². The second-order valence-corrected chi connectivity index (χ2v) is 4.03. The van der Waals surface area contributed by atoms with Crippen molar-refractivity contribution < 1.29 is 9.53 Å². The van der Waals surface area contributed by atoms with E-state index in [1.165, 1.54) is 12.0 Å². The van der Waals surface area contributed by atoms with Crippen LogP contribution in [0.5, 0.6) is 0 Å². The molecule has 4 nitrogen and oxygen atoms in total. The van der Waals surface area contributed by atoms with Gasteiger partial charge in [-0.05, 0) is 31.3 Å². The second kappa shape index (κ2) is 3.84. The van der Waals surface area contributed by atoms with Crippen molar-refractivity contribution >= 4 is 28.9 Å². The predicted octanol–water partition coefficient (Wildman–Crippen LogP) is 1.27. The fourth-order valence-corrected chi connectivity index (χ4v) is 1.95. The van der Waals surface area contributed by atoms with Crippen molar-refractivity contribution in [1.82, 2.24) is 5.32 Å². The summed E-state index contributed by atoms with van der Waals surface area (Å²) in [5.74, 6) is -0.203. The number of rotatable bonds is 2. The molecule has 1 aromatic rings. The Kier molecular flexibility index (Phi) is 2.65. The van der Waals surface area contributed by atoms with Crippen LogP contribution >= 0.6 is 12.2 Å². The van der Waals surface area contributed by atoms with Crippen LogP contribution < -0.4 is 10.2 Å². The number of ether oxygens (including phenoxy) is 1. The van der Waals surface area contributed by atoms with Gasteiger partial charge in [-0.3, -0.25) is 9.69 Å². The second-order valence-electron chi connectivity index (χ2n) is 3.64. The fraction of sp³-hybridized carbons (Fsp3) is 0.273. The molecule has 1 fully saturated rings. The summed E-state index contributed by atoms with van der Waals surface area (Å²) >= 11 is 5.13. The number of nitrogens with zero attached hydrogens (tertiary/aromatic N) is 1. The molecular formula is C11H12N2O2S. The lowest BCUT2D eigenvalue weighted by Crippen LogP contribution is -2.45. The SMILES string of the molecule is COC1(C)NC(=S)N(c2ccccc2)C1=O. The first-order chi connectivity index (χ1) is 7.58. The molecule has 1 unspecified atom stereocenters. The number of nitrogens with one attached hydrogen (secondary N) is 1. The molecule has 0 spiro atoms. The third-order valence-corrected chi connectivity index (χ3v) is 2.87. The highest BCUT2D eigenvalue weighted by atomic mass is 32.1. The zero-order valence-corrected chi connectivity index (χ0v) is 9.88. The maximum absolute atomic E-state index is 12.1. The zero-order valence-electron chi connectivity index (χ0n) is 9.06. The van der Waals surface area contributed by atoms with E-state index in [1.807, 2.05) is 30.3 Å². The topological polar surface area (TPSA) is 41.6 Å². The summed E-state index contributed by atoms with van der Waals surface area (Å²) in [5.41, 5.74) is -0.321. The van der Waals surface area contributed by atoms with Crippen molar-refractivity contribution in [3.05, 3.63) is 30.3 Å². The van der Waals surface area contributed by atoms with Crippen LogP contribution in [0.3, 0.4) is 0 Å². The van der Waals surface area contributed by atoms with Gasteiger partial charge in [0, 0.05) is 7.11 Å². The van der Waals surface area contributed by atoms with Crippen molar-refractivity contribution in [2.24, 2.45) is 0 Å². The van der Waals surface area contributed by atoms with E-state index in [-0.39, 0.29) is 5.91 Å². The number of carbonyl (C=O) groups excluding carboxylic acids is 1. The van der Waals surface area contributed by atoms with Gasteiger partial charge in [0.2, 0.25) is 5.72 Å². The first-order valence-electron chi connectivity index (χ1n) is 4.85. The smallest absolute Gasteiger partial charge is 0.286 e. The molecule has 0 saturated carbocycles. The molecule has 84 valence electrons. The molecule has 1 heterocycles. The third-order valence-electron chi connectivity index (χ3n) is 2.58. The first-order valence-corrected chi connectivity index (χ1v) is 5.26. The molecular weight excluding hydrogens is 224 g/mol. The summed E-state index contributed by atoms with van der Waals surface area (Å²) in [7, 11) is 1.47. The molecule has 1 aliphatic rings. The standard InChI is InChI=1S/C11H12N2O2S/c1-11(15-2)9(14)13(10(16)12-11)8-6-4-3-5-7-8/h3-7H,1-2H3,(H,12,16). The van der Waals surface area contributed by atoms with Crippen molar-refractivity contribution in [2.75, 3.05) is 12.0 Å². The molecule has 1 aliphatic heterocycles. The Morgan fingerprint density at radius 2 is 2.00 bits per heavy atom. The number of benzene rings is 1. The molecule has 0 aromatic heterocycles. The number of anilines is 1. The van der Waals surface area contributed by atoms with Crippen LogP contribution in [0.25, 0.3) is 0 Å². The molecule has 16 heavy (non-hydrogen) atoms. The van der Waals surface area contributed by atoms with Gasteiger partial charge < -0.3 is 10.1 Å². The van der Waals surface area contributed by atoms with Crippen LogP contribution in [0.2, 0.25) is 0 Å². The quantitative estimate of drug-likeness (QED) is 0.785. The lowest BCUT2D eigenvalue weighted by molar-refractivity contribution is -0.136. The maximum atomic E-state index is 12.1. The van der Waals surface area contributed by atoms with Gasteiger partial charge in [0.05, 0.1) is 5.69 Å². The highest BCUT2D eigenvalue weighted by molar-refractivity contribution is 7.80. The summed E-state index contributed by atoms with van der Waals surface area (Å²) in [6.45, 7) is 1.66. The normalized spacial score (nSPS) is 24.8. The average Bonchev–Trinajstić information content (AvgIpc) is 2.52. The molecule has 0 radical (unpaired) electrons. The highest BCUT2D eigenvalue weighted by Gasteiger charge is 2.46. The average molecular weight is 236 g/mol. The van der Waals surface area contributed by atoms with E-state index in [0.29, 0.717) is 5.11 Å². The largest absolute Gasteiger partial charge is 0.351 e. The molecule has 1 N–H and O–H groups in total. The van der Waals surface area contributed by atoms with Crippen molar-refractivity contribution in [3.63, 3.8) is 0 Å². The van der Waals surface area contributed by atoms with E-state index in [0.717, 1.165) is 5.69 Å². The lowest BCUT2D eigenvalue weighted by atomic mass is 10.2. The minimum absolute atomic E-state index is 0.203. The molecule has 0 aliphatic carbocycles. The number of hydrogen-bond donors (Lipinski definition) is 1. The first kappa shape index (κ1) is 11.0. The molecule has 1 amide bonds. The maximum Gasteiger partial charge on any atom is 0.286 e. The Morgan fingerprint density at radius 1 is 1.38 bits per heavy atom. The summed E-state index contributed by atoms with van der Waals surface area (Å²) in [6.07, 6.45) is 0. The lowest BCUT2D eigenvalue weighted by Gasteiger charge is -2.19. The number of methoxy groups -OCH3 is 1. The van der Waals surface area contributed by atoms with Gasteiger partial charge in [0.15, 0.2) is 5.11 Å². The summed E-state index contributed by atoms with van der Waals surface area (Å²) < 4.78 is 5.14. The fourth-order valence-electron chi connectivity index (χ4n) is 1.57. The zero-order chi connectivity index (χ0) is 11.8. The van der Waals surface area contributed by atoms with Gasteiger partial charge in [0.25, 0.3) is 5.91 Å². The molecule has 2 rings (SSSR count). The van der Waals surface area contributed by atoms with Gasteiger partial charge in [0.1, 0.15) is 0 Å². The van der Waals surface area contributed by atoms with Crippen LogP contribution in [0.4, 0.5) is 5.69 Å². The summed E-state index contributed by atoms with van der Waals surface area (Å²) in [4.78, 5) is 13.6. The van der Waals surface area contributed by atoms with Crippen LogP contribution in [-0.2, 0) is 9.53 Å². The molecule has 0 bridgehead atoms. The highest BCUT2D eigenvalue weighted by Crippen LogP contribution is 2.24. The number of thiocarbonyl (C=S) groups is 1. The molecule has 1 aromatic carbocycles. The van der Waals surface area contributed by atoms with E-state index < -0.39 is 5.72 Å². The van der Waals surface area contributed by atoms with E-state index in [2.05, 4.69) is 5.32 Å². The third kappa shape index (κ3) is 1.58. The van der Waals surface area contributed by atoms with E-state index in [4.69, 9.17) is 17.0 Å². The van der Waals surface area contributed by atoms with Gasteiger partial charge >= 0.3 is 0 Å². The van der Waals surface area contributed by atoms with Crippen molar-refractivity contribution in [3.8, 4) is 0 Å². The molecule has 1 saturated heterocycles. The van der Waals surface area contributed by atoms with Crippen LogP contribution in [0.1, 0.15) is 6.92 Å². The van der Waals surface area contributed by atoms with Gasteiger partial charge in [-0.1, -0.05) is 18.2 Å². The van der Waals surface area contributed by atoms with E-state index in [1.54, 1.807) is 6.92 Å². The Morgan fingerprint density at radius 3 is 2.50 bits per heavy atom. The number of hydrogen-bond acceptors (Lipinski definition) is 3. The summed E-state index contributed by atoms with van der Waals surface area (Å²) in [6, 6.07) is 9.25.